The molecule has 2 aromatic rings. The first-order chi connectivity index (χ1) is 9.44. The van der Waals surface area contributed by atoms with E-state index in [9.17, 15) is 8.42 Å². The molecule has 0 aliphatic rings. The molecule has 1 aromatic carbocycles. The molecule has 108 valence electrons. The maximum Gasteiger partial charge on any atom is 0.241 e. The third-order valence-corrected chi connectivity index (χ3v) is 5.17. The topological polar surface area (TPSA) is 98.2 Å². The number of hydrogen-bond donors (Lipinski definition) is 2. The van der Waals surface area contributed by atoms with Gasteiger partial charge in [-0.25, -0.2) is 13.1 Å². The van der Waals surface area contributed by atoms with Crippen LogP contribution in [0.4, 0.5) is 0 Å². The lowest BCUT2D eigenvalue weighted by molar-refractivity contribution is 0.411. The number of sulfonamides is 1. The van der Waals surface area contributed by atoms with Gasteiger partial charge in [0.2, 0.25) is 10.0 Å². The van der Waals surface area contributed by atoms with Gasteiger partial charge in [-0.2, -0.15) is 0 Å². The van der Waals surface area contributed by atoms with Crippen molar-refractivity contribution in [2.75, 3.05) is 0 Å². The van der Waals surface area contributed by atoms with E-state index in [4.69, 9.17) is 5.73 Å². The van der Waals surface area contributed by atoms with Crippen molar-refractivity contribution < 1.29 is 12.9 Å². The summed E-state index contributed by atoms with van der Waals surface area (Å²) in [6.07, 6.45) is 1.39. The van der Waals surface area contributed by atoms with E-state index in [1.54, 1.807) is 19.1 Å². The summed E-state index contributed by atoms with van der Waals surface area (Å²) in [5.74, 6) is 0. The van der Waals surface area contributed by atoms with Gasteiger partial charge in [-0.3, -0.25) is 0 Å². The van der Waals surface area contributed by atoms with Gasteiger partial charge in [0, 0.05) is 17.1 Å². The molecule has 0 aliphatic heterocycles. The second-order valence-corrected chi connectivity index (χ2v) is 6.81. The molecular weight excluding hydrogens is 346 g/mol. The summed E-state index contributed by atoms with van der Waals surface area (Å²) in [6, 6.07) is 4.98. The van der Waals surface area contributed by atoms with Crippen LogP contribution in [0.3, 0.4) is 0 Å². The zero-order valence-corrected chi connectivity index (χ0v) is 13.2. The molecule has 0 aliphatic carbocycles. The van der Waals surface area contributed by atoms with E-state index in [0.29, 0.717) is 15.7 Å². The number of aromatic nitrogens is 1. The molecule has 20 heavy (non-hydrogen) atoms. The molecule has 2 rings (SSSR count). The van der Waals surface area contributed by atoms with E-state index >= 15 is 0 Å². The number of nitrogens with zero attached hydrogens (tertiary/aromatic N) is 1. The zero-order chi connectivity index (χ0) is 14.8. The second kappa shape index (κ2) is 6.04. The summed E-state index contributed by atoms with van der Waals surface area (Å²) < 4.78 is 32.5. The molecule has 0 amide bonds. The third-order valence-electron chi connectivity index (χ3n) is 2.82. The molecule has 3 N–H and O–H groups in total. The molecule has 1 heterocycles. The van der Waals surface area contributed by atoms with E-state index in [-0.39, 0.29) is 18.0 Å². The molecule has 0 fully saturated rings. The van der Waals surface area contributed by atoms with Crippen molar-refractivity contribution in [2.24, 2.45) is 5.73 Å². The lowest BCUT2D eigenvalue weighted by Gasteiger charge is -2.11. The van der Waals surface area contributed by atoms with Crippen LogP contribution < -0.4 is 10.5 Å². The van der Waals surface area contributed by atoms with Crippen molar-refractivity contribution in [3.63, 3.8) is 0 Å². The first kappa shape index (κ1) is 15.2. The predicted octanol–water partition coefficient (Wildman–Crippen LogP) is 1.68. The van der Waals surface area contributed by atoms with Gasteiger partial charge >= 0.3 is 0 Å². The van der Waals surface area contributed by atoms with Crippen LogP contribution in [0, 0.1) is 6.92 Å². The van der Waals surface area contributed by atoms with Crippen LogP contribution in [-0.4, -0.2) is 13.6 Å². The van der Waals surface area contributed by atoms with Crippen LogP contribution in [-0.2, 0) is 23.1 Å². The molecule has 0 atom stereocenters. The molecule has 0 saturated carbocycles. The number of nitrogens with two attached hydrogens (primary N) is 1. The van der Waals surface area contributed by atoms with Crippen LogP contribution in [0.2, 0.25) is 0 Å². The summed E-state index contributed by atoms with van der Waals surface area (Å²) in [5, 5.41) is 3.66. The minimum atomic E-state index is -3.64. The van der Waals surface area contributed by atoms with Crippen LogP contribution >= 0.6 is 15.9 Å². The Kier molecular flexibility index (Phi) is 4.59. The minimum absolute atomic E-state index is 0.0722. The van der Waals surface area contributed by atoms with Crippen molar-refractivity contribution in [1.82, 2.24) is 9.88 Å². The quantitative estimate of drug-likeness (QED) is 0.846. The second-order valence-electron chi connectivity index (χ2n) is 4.22. The first-order valence-electron chi connectivity index (χ1n) is 5.82. The minimum Gasteiger partial charge on any atom is -0.364 e. The Morgan fingerprint density at radius 1 is 1.45 bits per heavy atom. The van der Waals surface area contributed by atoms with Crippen LogP contribution in [0.1, 0.15) is 16.8 Å². The normalized spacial score (nSPS) is 11.8. The van der Waals surface area contributed by atoms with Gasteiger partial charge < -0.3 is 10.3 Å². The summed E-state index contributed by atoms with van der Waals surface area (Å²) in [6.45, 7) is 2.07. The fourth-order valence-corrected chi connectivity index (χ4v) is 3.63. The van der Waals surface area contributed by atoms with Crippen LogP contribution in [0.15, 0.2) is 38.4 Å². The number of rotatable bonds is 5. The summed E-state index contributed by atoms with van der Waals surface area (Å²) in [7, 11) is -3.64. The SMILES string of the molecule is Cc1c(Br)cc(CN)cc1S(=O)(=O)NCc1ccon1. The van der Waals surface area contributed by atoms with Crippen molar-refractivity contribution in [2.45, 2.75) is 24.9 Å². The van der Waals surface area contributed by atoms with Crippen molar-refractivity contribution in [1.29, 1.82) is 0 Å². The van der Waals surface area contributed by atoms with E-state index in [0.717, 1.165) is 5.56 Å². The Morgan fingerprint density at radius 2 is 2.20 bits per heavy atom. The highest BCUT2D eigenvalue weighted by Gasteiger charge is 2.19. The molecule has 6 nitrogen and oxygen atoms in total. The average molecular weight is 360 g/mol. The van der Waals surface area contributed by atoms with Gasteiger partial charge in [0.25, 0.3) is 0 Å². The highest BCUT2D eigenvalue weighted by molar-refractivity contribution is 9.10. The van der Waals surface area contributed by atoms with Crippen molar-refractivity contribution >= 4 is 26.0 Å². The smallest absolute Gasteiger partial charge is 0.241 e. The van der Waals surface area contributed by atoms with Gasteiger partial charge in [0.15, 0.2) is 0 Å². The van der Waals surface area contributed by atoms with Gasteiger partial charge in [0.05, 0.1) is 17.1 Å². The van der Waals surface area contributed by atoms with Gasteiger partial charge in [-0.05, 0) is 30.2 Å². The fourth-order valence-electron chi connectivity index (χ4n) is 1.68. The maximum atomic E-state index is 12.3. The Balaban J connectivity index is 2.31. The Labute approximate surface area is 125 Å². The van der Waals surface area contributed by atoms with E-state index in [2.05, 4.69) is 30.3 Å². The van der Waals surface area contributed by atoms with Crippen LogP contribution in [0.5, 0.6) is 0 Å². The van der Waals surface area contributed by atoms with Gasteiger partial charge in [0.1, 0.15) is 6.26 Å². The monoisotopic (exact) mass is 359 g/mol. The molecule has 0 bridgehead atoms. The van der Waals surface area contributed by atoms with E-state index < -0.39 is 10.0 Å². The standard InChI is InChI=1S/C12H14BrN3O3S/c1-8-11(13)4-9(6-14)5-12(8)20(17,18)15-7-10-2-3-19-16-10/h2-5,15H,6-7,14H2,1H3. The Hall–Kier alpha value is -1.22. The summed E-state index contributed by atoms with van der Waals surface area (Å²) in [5.41, 5.74) is 7.46. The Morgan fingerprint density at radius 3 is 2.80 bits per heavy atom. The molecule has 0 unspecified atom stereocenters. The van der Waals surface area contributed by atoms with E-state index in [1.165, 1.54) is 6.26 Å². The number of benzene rings is 1. The maximum absolute atomic E-state index is 12.3. The average Bonchev–Trinajstić information content (AvgIpc) is 2.92. The fraction of sp³-hybridized carbons (Fsp3) is 0.250. The van der Waals surface area contributed by atoms with Gasteiger partial charge in [-0.15, -0.1) is 0 Å². The van der Waals surface area contributed by atoms with Crippen molar-refractivity contribution in [3.8, 4) is 0 Å². The van der Waals surface area contributed by atoms with Crippen molar-refractivity contribution in [3.05, 3.63) is 45.8 Å². The summed E-state index contributed by atoms with van der Waals surface area (Å²) in [4.78, 5) is 0.204. The lowest BCUT2D eigenvalue weighted by Crippen LogP contribution is -2.24. The summed E-state index contributed by atoms with van der Waals surface area (Å²) >= 11 is 3.34. The largest absolute Gasteiger partial charge is 0.364 e. The van der Waals surface area contributed by atoms with Crippen LogP contribution in [0.25, 0.3) is 0 Å². The molecular formula is C12H14BrN3O3S. The zero-order valence-electron chi connectivity index (χ0n) is 10.8. The molecule has 0 saturated heterocycles. The first-order valence-corrected chi connectivity index (χ1v) is 8.09. The molecule has 0 spiro atoms. The predicted molar refractivity (Wildman–Crippen MR) is 77.3 cm³/mol. The highest BCUT2D eigenvalue weighted by atomic mass is 79.9. The molecule has 8 heteroatoms. The lowest BCUT2D eigenvalue weighted by atomic mass is 10.1. The highest BCUT2D eigenvalue weighted by Crippen LogP contribution is 2.25. The number of nitrogens with one attached hydrogen (secondary N) is 1. The van der Waals surface area contributed by atoms with Gasteiger partial charge in [-0.1, -0.05) is 21.1 Å². The molecule has 1 aromatic heterocycles. The Bertz CT molecular complexity index is 699. The molecule has 0 radical (unpaired) electrons. The third kappa shape index (κ3) is 3.26. The van der Waals surface area contributed by atoms with E-state index in [1.807, 2.05) is 6.07 Å². The number of hydrogen-bond acceptors (Lipinski definition) is 5. The number of halogens is 1.